The van der Waals surface area contributed by atoms with Crippen LogP contribution in [0.4, 0.5) is 5.69 Å². The quantitative estimate of drug-likeness (QED) is 0.804. The van der Waals surface area contributed by atoms with Crippen LogP contribution in [0.15, 0.2) is 24.3 Å². The van der Waals surface area contributed by atoms with Crippen LogP contribution in [0.1, 0.15) is 25.3 Å². The molecule has 1 aromatic rings. The molecule has 3 rings (SSSR count). The standard InChI is InChI=1S/C16H19NO3S/c1-2-20-14(18)11-17-13-6-4-3-5-12(13)16(15(17)19)7-9-21-10-8-16/h3-6H,2,7-11H2,1H3. The number of thioether (sulfide) groups is 1. The predicted molar refractivity (Wildman–Crippen MR) is 83.7 cm³/mol. The molecule has 0 unspecified atom stereocenters. The minimum atomic E-state index is -0.422. The van der Waals surface area contributed by atoms with Gasteiger partial charge in [-0.15, -0.1) is 0 Å². The molecular weight excluding hydrogens is 286 g/mol. The van der Waals surface area contributed by atoms with Gasteiger partial charge in [-0.1, -0.05) is 18.2 Å². The molecule has 1 spiro atoms. The van der Waals surface area contributed by atoms with E-state index in [-0.39, 0.29) is 18.4 Å². The maximum atomic E-state index is 13.0. The molecule has 0 bridgehead atoms. The Labute approximate surface area is 128 Å². The maximum absolute atomic E-state index is 13.0. The third-order valence-corrected chi connectivity index (χ3v) is 5.29. The van der Waals surface area contributed by atoms with Gasteiger partial charge >= 0.3 is 5.97 Å². The van der Waals surface area contributed by atoms with Gasteiger partial charge < -0.3 is 9.64 Å². The number of carbonyl (C=O) groups is 2. The molecule has 21 heavy (non-hydrogen) atoms. The number of hydrogen-bond donors (Lipinski definition) is 0. The van der Waals surface area contributed by atoms with Crippen molar-refractivity contribution in [1.29, 1.82) is 0 Å². The summed E-state index contributed by atoms with van der Waals surface area (Å²) in [6, 6.07) is 7.86. The lowest BCUT2D eigenvalue weighted by atomic mass is 9.76. The molecule has 5 heteroatoms. The molecule has 2 aliphatic rings. The fourth-order valence-corrected chi connectivity index (χ4v) is 4.48. The van der Waals surface area contributed by atoms with Gasteiger partial charge in [0.15, 0.2) is 0 Å². The monoisotopic (exact) mass is 305 g/mol. The third kappa shape index (κ3) is 2.33. The van der Waals surface area contributed by atoms with Crippen LogP contribution in [0.25, 0.3) is 0 Å². The highest BCUT2D eigenvalue weighted by atomic mass is 32.2. The molecule has 0 N–H and O–H groups in total. The number of esters is 1. The van der Waals surface area contributed by atoms with Crippen LogP contribution in [0.2, 0.25) is 0 Å². The molecule has 1 amide bonds. The second-order valence-electron chi connectivity index (χ2n) is 5.41. The van der Waals surface area contributed by atoms with Crippen molar-refractivity contribution in [3.05, 3.63) is 29.8 Å². The summed E-state index contributed by atoms with van der Waals surface area (Å²) in [5, 5.41) is 0. The molecule has 2 heterocycles. The first-order valence-electron chi connectivity index (χ1n) is 7.34. The summed E-state index contributed by atoms with van der Waals surface area (Å²) >= 11 is 1.89. The van der Waals surface area contributed by atoms with E-state index >= 15 is 0 Å². The van der Waals surface area contributed by atoms with E-state index in [0.717, 1.165) is 35.6 Å². The minimum Gasteiger partial charge on any atom is -0.465 e. The second kappa shape index (κ2) is 5.72. The molecule has 1 aromatic carbocycles. The summed E-state index contributed by atoms with van der Waals surface area (Å²) < 4.78 is 5.01. The number of anilines is 1. The number of benzene rings is 1. The Morgan fingerprint density at radius 2 is 2.05 bits per heavy atom. The van der Waals surface area contributed by atoms with E-state index in [2.05, 4.69) is 0 Å². The van der Waals surface area contributed by atoms with Crippen molar-refractivity contribution in [3.63, 3.8) is 0 Å². The number of rotatable bonds is 3. The van der Waals surface area contributed by atoms with Crippen molar-refractivity contribution in [1.82, 2.24) is 0 Å². The van der Waals surface area contributed by atoms with Gasteiger partial charge in [0.2, 0.25) is 5.91 Å². The highest BCUT2D eigenvalue weighted by Gasteiger charge is 2.51. The van der Waals surface area contributed by atoms with Gasteiger partial charge in [0, 0.05) is 5.69 Å². The van der Waals surface area contributed by atoms with Gasteiger partial charge in [0.05, 0.1) is 12.0 Å². The molecule has 2 aliphatic heterocycles. The Morgan fingerprint density at radius 1 is 1.33 bits per heavy atom. The summed E-state index contributed by atoms with van der Waals surface area (Å²) in [5.41, 5.74) is 1.54. The van der Waals surface area contributed by atoms with Crippen molar-refractivity contribution in [2.45, 2.75) is 25.2 Å². The van der Waals surface area contributed by atoms with E-state index < -0.39 is 5.41 Å². The lowest BCUT2D eigenvalue weighted by molar-refractivity contribution is -0.142. The van der Waals surface area contributed by atoms with Gasteiger partial charge in [0.1, 0.15) is 6.54 Å². The number of para-hydroxylation sites is 1. The van der Waals surface area contributed by atoms with Crippen LogP contribution in [0, 0.1) is 0 Å². The zero-order valence-electron chi connectivity index (χ0n) is 12.1. The first kappa shape index (κ1) is 14.4. The molecule has 0 saturated carbocycles. The number of hydrogen-bond acceptors (Lipinski definition) is 4. The second-order valence-corrected chi connectivity index (χ2v) is 6.63. The Hall–Kier alpha value is -1.49. The molecule has 0 aliphatic carbocycles. The number of carbonyl (C=O) groups excluding carboxylic acids is 2. The largest absolute Gasteiger partial charge is 0.465 e. The predicted octanol–water partition coefficient (Wildman–Crippen LogP) is 2.36. The van der Waals surface area contributed by atoms with Gasteiger partial charge in [-0.25, -0.2) is 0 Å². The summed E-state index contributed by atoms with van der Waals surface area (Å²) in [4.78, 5) is 26.4. The van der Waals surface area contributed by atoms with Crippen molar-refractivity contribution >= 4 is 29.3 Å². The van der Waals surface area contributed by atoms with Crippen LogP contribution >= 0.6 is 11.8 Å². The highest BCUT2D eigenvalue weighted by molar-refractivity contribution is 7.99. The van der Waals surface area contributed by atoms with Gasteiger partial charge in [0.25, 0.3) is 0 Å². The van der Waals surface area contributed by atoms with Gasteiger partial charge in [-0.2, -0.15) is 11.8 Å². The van der Waals surface area contributed by atoms with E-state index in [0.29, 0.717) is 6.61 Å². The van der Waals surface area contributed by atoms with E-state index in [1.807, 2.05) is 36.0 Å². The number of nitrogens with zero attached hydrogens (tertiary/aromatic N) is 1. The third-order valence-electron chi connectivity index (χ3n) is 4.30. The number of amides is 1. The molecular formula is C16H19NO3S. The van der Waals surface area contributed by atoms with Crippen LogP contribution in [0.5, 0.6) is 0 Å². The fraction of sp³-hybridized carbons (Fsp3) is 0.500. The Bertz CT molecular complexity index is 566. The Kier molecular flexibility index (Phi) is 3.93. The van der Waals surface area contributed by atoms with Crippen molar-refractivity contribution < 1.29 is 14.3 Å². The fourth-order valence-electron chi connectivity index (χ4n) is 3.29. The molecule has 1 saturated heterocycles. The molecule has 0 aromatic heterocycles. The highest BCUT2D eigenvalue weighted by Crippen LogP contribution is 2.49. The molecule has 112 valence electrons. The number of fused-ring (bicyclic) bond motifs is 2. The van der Waals surface area contributed by atoms with Crippen LogP contribution < -0.4 is 4.90 Å². The van der Waals surface area contributed by atoms with Gasteiger partial charge in [-0.3, -0.25) is 9.59 Å². The van der Waals surface area contributed by atoms with Crippen molar-refractivity contribution in [3.8, 4) is 0 Å². The summed E-state index contributed by atoms with van der Waals surface area (Å²) in [6.45, 7) is 2.13. The average Bonchev–Trinajstić information content (AvgIpc) is 2.72. The molecule has 0 radical (unpaired) electrons. The average molecular weight is 305 g/mol. The van der Waals surface area contributed by atoms with E-state index in [9.17, 15) is 9.59 Å². The maximum Gasteiger partial charge on any atom is 0.326 e. The molecule has 0 atom stereocenters. The zero-order chi connectivity index (χ0) is 14.9. The zero-order valence-corrected chi connectivity index (χ0v) is 12.9. The lowest BCUT2D eigenvalue weighted by Gasteiger charge is -2.32. The van der Waals surface area contributed by atoms with Crippen LogP contribution in [-0.2, 0) is 19.7 Å². The van der Waals surface area contributed by atoms with Gasteiger partial charge in [-0.05, 0) is 42.9 Å². The van der Waals surface area contributed by atoms with Crippen molar-refractivity contribution in [2.75, 3.05) is 29.6 Å². The number of ether oxygens (including phenoxy) is 1. The van der Waals surface area contributed by atoms with Crippen LogP contribution in [-0.4, -0.2) is 36.5 Å². The first-order valence-corrected chi connectivity index (χ1v) is 8.49. The summed E-state index contributed by atoms with van der Waals surface area (Å²) in [6.07, 6.45) is 1.71. The normalized spacial score (nSPS) is 19.7. The minimum absolute atomic E-state index is 0.0125. The van der Waals surface area contributed by atoms with E-state index in [4.69, 9.17) is 4.74 Å². The van der Waals surface area contributed by atoms with E-state index in [1.165, 1.54) is 0 Å². The van der Waals surface area contributed by atoms with Crippen LogP contribution in [0.3, 0.4) is 0 Å². The topological polar surface area (TPSA) is 46.6 Å². The van der Waals surface area contributed by atoms with E-state index in [1.54, 1.807) is 11.8 Å². The summed E-state index contributed by atoms with van der Waals surface area (Å²) in [7, 11) is 0. The van der Waals surface area contributed by atoms with Crippen molar-refractivity contribution in [2.24, 2.45) is 0 Å². The Balaban J connectivity index is 1.96. The smallest absolute Gasteiger partial charge is 0.326 e. The lowest BCUT2D eigenvalue weighted by Crippen LogP contribution is -2.44. The first-order chi connectivity index (χ1) is 10.2. The molecule has 4 nitrogen and oxygen atoms in total. The SMILES string of the molecule is CCOC(=O)CN1C(=O)C2(CCSCC2)c2ccccc21. The Morgan fingerprint density at radius 3 is 2.76 bits per heavy atom. The summed E-state index contributed by atoms with van der Waals surface area (Å²) in [5.74, 6) is 1.71. The molecule has 1 fully saturated rings.